The van der Waals surface area contributed by atoms with Gasteiger partial charge in [0, 0.05) is 32.7 Å². The highest BCUT2D eigenvalue weighted by atomic mass is 16.2. The molecule has 0 saturated carbocycles. The Kier molecular flexibility index (Phi) is 6.21. The van der Waals surface area contributed by atoms with Gasteiger partial charge in [0.25, 0.3) is 0 Å². The van der Waals surface area contributed by atoms with E-state index in [4.69, 9.17) is 0 Å². The summed E-state index contributed by atoms with van der Waals surface area (Å²) in [4.78, 5) is 19.0. The van der Waals surface area contributed by atoms with Crippen LogP contribution in [0.5, 0.6) is 0 Å². The summed E-state index contributed by atoms with van der Waals surface area (Å²) in [5.74, 6) is 0.267. The summed E-state index contributed by atoms with van der Waals surface area (Å²) in [6, 6.07) is 10.4. The van der Waals surface area contributed by atoms with Crippen LogP contribution in [-0.2, 0) is 11.3 Å². The van der Waals surface area contributed by atoms with E-state index >= 15 is 0 Å². The lowest BCUT2D eigenvalue weighted by Crippen LogP contribution is -2.51. The lowest BCUT2D eigenvalue weighted by Gasteiger charge is -2.35. The average Bonchev–Trinajstić information content (AvgIpc) is 2.55. The van der Waals surface area contributed by atoms with E-state index in [9.17, 15) is 4.79 Å². The monoisotopic (exact) mass is 289 g/mol. The summed E-state index contributed by atoms with van der Waals surface area (Å²) in [7, 11) is 0. The van der Waals surface area contributed by atoms with Crippen LogP contribution >= 0.6 is 0 Å². The molecule has 1 aliphatic heterocycles. The largest absolute Gasteiger partial charge is 0.339 e. The fourth-order valence-electron chi connectivity index (χ4n) is 2.73. The molecule has 0 atom stereocenters. The summed E-state index contributed by atoms with van der Waals surface area (Å²) in [5.41, 5.74) is 1.27. The highest BCUT2D eigenvalue weighted by molar-refractivity contribution is 5.78. The molecule has 0 unspecified atom stereocenters. The molecule has 0 aliphatic carbocycles. The molecule has 1 aromatic rings. The van der Waals surface area contributed by atoms with Crippen molar-refractivity contribution in [2.24, 2.45) is 0 Å². The van der Waals surface area contributed by atoms with Crippen LogP contribution in [0.4, 0.5) is 0 Å². The summed E-state index contributed by atoms with van der Waals surface area (Å²) in [5, 5.41) is 0. The van der Waals surface area contributed by atoms with Crippen molar-refractivity contribution in [1.82, 2.24) is 14.7 Å². The van der Waals surface area contributed by atoms with Gasteiger partial charge in [-0.3, -0.25) is 9.69 Å². The van der Waals surface area contributed by atoms with Gasteiger partial charge in [-0.25, -0.2) is 0 Å². The van der Waals surface area contributed by atoms with Crippen LogP contribution in [-0.4, -0.2) is 66.4 Å². The minimum Gasteiger partial charge on any atom is -0.339 e. The Balaban J connectivity index is 1.82. The van der Waals surface area contributed by atoms with Crippen molar-refractivity contribution in [2.75, 3.05) is 45.8 Å². The van der Waals surface area contributed by atoms with Crippen LogP contribution in [0.3, 0.4) is 0 Å². The lowest BCUT2D eigenvalue weighted by atomic mass is 10.2. The molecule has 116 valence electrons. The second-order valence-electron chi connectivity index (χ2n) is 5.60. The molecular weight excluding hydrogens is 262 g/mol. The van der Waals surface area contributed by atoms with Crippen LogP contribution in [0.25, 0.3) is 0 Å². The van der Waals surface area contributed by atoms with E-state index in [0.29, 0.717) is 6.54 Å². The Bertz CT molecular complexity index is 427. The maximum Gasteiger partial charge on any atom is 0.236 e. The second kappa shape index (κ2) is 8.15. The Labute approximate surface area is 128 Å². The molecule has 0 aromatic heterocycles. The maximum absolute atomic E-state index is 12.4. The van der Waals surface area contributed by atoms with Gasteiger partial charge < -0.3 is 9.80 Å². The van der Waals surface area contributed by atoms with Gasteiger partial charge in [-0.15, -0.1) is 0 Å². The Morgan fingerprint density at radius 1 is 1.10 bits per heavy atom. The summed E-state index contributed by atoms with van der Waals surface area (Å²) >= 11 is 0. The number of amides is 1. The minimum atomic E-state index is 0.267. The van der Waals surface area contributed by atoms with Gasteiger partial charge in [0.2, 0.25) is 5.91 Å². The molecule has 1 aliphatic rings. The molecule has 2 rings (SSSR count). The first kappa shape index (κ1) is 16.0. The zero-order chi connectivity index (χ0) is 15.1. The van der Waals surface area contributed by atoms with Gasteiger partial charge in [-0.2, -0.15) is 0 Å². The van der Waals surface area contributed by atoms with E-state index < -0.39 is 0 Å². The van der Waals surface area contributed by atoms with Crippen LogP contribution in [0.1, 0.15) is 19.4 Å². The van der Waals surface area contributed by atoms with Gasteiger partial charge in [0.1, 0.15) is 0 Å². The van der Waals surface area contributed by atoms with E-state index in [1.807, 2.05) is 11.0 Å². The molecule has 21 heavy (non-hydrogen) atoms. The summed E-state index contributed by atoms with van der Waals surface area (Å²) in [6.07, 6.45) is 0. The number of likely N-dealkylation sites (N-methyl/N-ethyl adjacent to an activating group) is 2. The molecule has 0 spiro atoms. The molecule has 1 aromatic carbocycles. The van der Waals surface area contributed by atoms with E-state index in [2.05, 4.69) is 47.9 Å². The third-order valence-electron chi connectivity index (χ3n) is 4.23. The Morgan fingerprint density at radius 3 is 2.33 bits per heavy atom. The van der Waals surface area contributed by atoms with E-state index in [1.165, 1.54) is 5.56 Å². The molecule has 4 nitrogen and oxygen atoms in total. The molecule has 0 bridgehead atoms. The van der Waals surface area contributed by atoms with E-state index in [-0.39, 0.29) is 5.91 Å². The van der Waals surface area contributed by atoms with Crippen molar-refractivity contribution >= 4 is 5.91 Å². The lowest BCUT2D eigenvalue weighted by molar-refractivity contribution is -0.134. The van der Waals surface area contributed by atoms with Crippen molar-refractivity contribution in [3.05, 3.63) is 35.9 Å². The van der Waals surface area contributed by atoms with Gasteiger partial charge in [-0.05, 0) is 18.7 Å². The standard InChI is InChI=1S/C17H27N3O/c1-3-18-10-12-20(13-11-18)17(21)15-19(4-2)14-16-8-6-5-7-9-16/h5-9H,3-4,10-15H2,1-2H3. The number of benzene rings is 1. The smallest absolute Gasteiger partial charge is 0.236 e. The Hall–Kier alpha value is -1.39. The van der Waals surface area contributed by atoms with Crippen molar-refractivity contribution in [3.8, 4) is 0 Å². The molecular formula is C17H27N3O. The van der Waals surface area contributed by atoms with Gasteiger partial charge in [-0.1, -0.05) is 44.2 Å². The topological polar surface area (TPSA) is 26.8 Å². The predicted octanol–water partition coefficient (Wildman–Crippen LogP) is 1.67. The van der Waals surface area contributed by atoms with Crippen LogP contribution in [0.2, 0.25) is 0 Å². The highest BCUT2D eigenvalue weighted by Crippen LogP contribution is 2.06. The first-order valence-corrected chi connectivity index (χ1v) is 7.99. The first-order chi connectivity index (χ1) is 10.2. The SMILES string of the molecule is CCN1CCN(C(=O)CN(CC)Cc2ccccc2)CC1. The zero-order valence-electron chi connectivity index (χ0n) is 13.3. The predicted molar refractivity (Wildman–Crippen MR) is 86.1 cm³/mol. The molecule has 1 fully saturated rings. The summed E-state index contributed by atoms with van der Waals surface area (Å²) < 4.78 is 0. The van der Waals surface area contributed by atoms with E-state index in [1.54, 1.807) is 0 Å². The molecule has 1 amide bonds. The number of hydrogen-bond acceptors (Lipinski definition) is 3. The van der Waals surface area contributed by atoms with Gasteiger partial charge in [0.05, 0.1) is 6.54 Å². The number of piperazine rings is 1. The normalized spacial score (nSPS) is 16.4. The number of carbonyl (C=O) groups is 1. The first-order valence-electron chi connectivity index (χ1n) is 7.99. The zero-order valence-corrected chi connectivity index (χ0v) is 13.3. The number of nitrogens with zero attached hydrogens (tertiary/aromatic N) is 3. The maximum atomic E-state index is 12.4. The fourth-order valence-corrected chi connectivity index (χ4v) is 2.73. The van der Waals surface area contributed by atoms with E-state index in [0.717, 1.165) is 45.8 Å². The number of carbonyl (C=O) groups excluding carboxylic acids is 1. The minimum absolute atomic E-state index is 0.267. The molecule has 1 saturated heterocycles. The summed E-state index contributed by atoms with van der Waals surface area (Å²) in [6.45, 7) is 11.4. The molecule has 0 N–H and O–H groups in total. The fraction of sp³-hybridized carbons (Fsp3) is 0.588. The van der Waals surface area contributed by atoms with Crippen LogP contribution in [0.15, 0.2) is 30.3 Å². The van der Waals surface area contributed by atoms with Crippen LogP contribution < -0.4 is 0 Å². The van der Waals surface area contributed by atoms with Gasteiger partial charge in [0.15, 0.2) is 0 Å². The number of hydrogen-bond donors (Lipinski definition) is 0. The third kappa shape index (κ3) is 4.83. The van der Waals surface area contributed by atoms with Crippen molar-refractivity contribution < 1.29 is 4.79 Å². The highest BCUT2D eigenvalue weighted by Gasteiger charge is 2.21. The molecule has 4 heteroatoms. The number of rotatable bonds is 6. The van der Waals surface area contributed by atoms with Gasteiger partial charge >= 0.3 is 0 Å². The average molecular weight is 289 g/mol. The molecule has 1 heterocycles. The Morgan fingerprint density at radius 2 is 1.76 bits per heavy atom. The third-order valence-corrected chi connectivity index (χ3v) is 4.23. The van der Waals surface area contributed by atoms with Crippen molar-refractivity contribution in [3.63, 3.8) is 0 Å². The second-order valence-corrected chi connectivity index (χ2v) is 5.60. The molecule has 0 radical (unpaired) electrons. The van der Waals surface area contributed by atoms with Crippen molar-refractivity contribution in [2.45, 2.75) is 20.4 Å². The van der Waals surface area contributed by atoms with Crippen molar-refractivity contribution in [1.29, 1.82) is 0 Å². The van der Waals surface area contributed by atoms with Crippen LogP contribution in [0, 0.1) is 0 Å². The quantitative estimate of drug-likeness (QED) is 0.797.